The fraction of sp³-hybridized carbons (Fsp3) is 0.500. The van der Waals surface area contributed by atoms with Gasteiger partial charge < -0.3 is 0 Å². The number of hydrogen-bond donors (Lipinski definition) is 0. The first-order valence-corrected chi connectivity index (χ1v) is 9.35. The Balaban J connectivity index is 2.08. The van der Waals surface area contributed by atoms with Gasteiger partial charge in [-0.25, -0.2) is 17.1 Å². The zero-order valence-electron chi connectivity index (χ0n) is 11.7. The van der Waals surface area contributed by atoms with Gasteiger partial charge in [0, 0.05) is 25.1 Å². The summed E-state index contributed by atoms with van der Waals surface area (Å²) in [5.74, 6) is -0.653. The van der Waals surface area contributed by atoms with Crippen LogP contribution < -0.4 is 0 Å². The summed E-state index contributed by atoms with van der Waals surface area (Å²) in [6.45, 7) is 0.866. The molecule has 1 aliphatic heterocycles. The van der Waals surface area contributed by atoms with E-state index >= 15 is 0 Å². The van der Waals surface area contributed by atoms with E-state index in [0.717, 1.165) is 12.8 Å². The van der Waals surface area contributed by atoms with Crippen molar-refractivity contribution in [2.75, 3.05) is 19.3 Å². The van der Waals surface area contributed by atoms with Crippen molar-refractivity contribution in [2.45, 2.75) is 19.3 Å². The van der Waals surface area contributed by atoms with E-state index in [1.165, 1.54) is 22.7 Å². The van der Waals surface area contributed by atoms with Crippen LogP contribution in [-0.4, -0.2) is 37.9 Å². The van der Waals surface area contributed by atoms with Gasteiger partial charge in [-0.15, -0.1) is 0 Å². The van der Waals surface area contributed by atoms with Gasteiger partial charge in [-0.1, -0.05) is 12.1 Å². The lowest BCUT2D eigenvalue weighted by molar-refractivity contribution is 0.0941. The van der Waals surface area contributed by atoms with Crippen molar-refractivity contribution in [2.24, 2.45) is 5.92 Å². The molecule has 1 fully saturated rings. The van der Waals surface area contributed by atoms with Gasteiger partial charge in [0.15, 0.2) is 5.78 Å². The summed E-state index contributed by atoms with van der Waals surface area (Å²) in [5, 5.41) is 0. The third-order valence-corrected chi connectivity index (χ3v) is 5.75. The average molecular weight is 378 g/mol. The van der Waals surface area contributed by atoms with Crippen LogP contribution in [0.25, 0.3) is 0 Å². The molecule has 21 heavy (non-hydrogen) atoms. The van der Waals surface area contributed by atoms with Crippen LogP contribution in [0.1, 0.15) is 29.6 Å². The molecule has 1 aromatic carbocycles. The lowest BCUT2D eigenvalue weighted by Gasteiger charge is -2.30. The van der Waals surface area contributed by atoms with Gasteiger partial charge in [0.1, 0.15) is 5.82 Å². The van der Waals surface area contributed by atoms with Gasteiger partial charge >= 0.3 is 0 Å². The summed E-state index contributed by atoms with van der Waals surface area (Å²) in [5.41, 5.74) is 0.312. The number of Topliss-reactive ketones (excluding diaryl/α,β-unsaturated/α-hetero) is 1. The Hall–Kier alpha value is -0.790. The van der Waals surface area contributed by atoms with Crippen molar-refractivity contribution in [1.82, 2.24) is 4.31 Å². The van der Waals surface area contributed by atoms with Gasteiger partial charge in [-0.2, -0.15) is 0 Å². The molecule has 0 bridgehead atoms. The van der Waals surface area contributed by atoms with E-state index in [9.17, 15) is 17.6 Å². The number of benzene rings is 1. The molecule has 2 rings (SSSR count). The predicted octanol–water partition coefficient (Wildman–Crippen LogP) is 2.83. The van der Waals surface area contributed by atoms with E-state index in [2.05, 4.69) is 15.9 Å². The molecule has 0 aromatic heterocycles. The molecule has 0 radical (unpaired) electrons. The van der Waals surface area contributed by atoms with E-state index in [1.54, 1.807) is 6.07 Å². The number of carbonyl (C=O) groups excluding carboxylic acids is 1. The molecule has 1 unspecified atom stereocenters. The maximum Gasteiger partial charge on any atom is 0.211 e. The number of rotatable bonds is 4. The number of hydrogen-bond acceptors (Lipinski definition) is 3. The van der Waals surface area contributed by atoms with Crippen molar-refractivity contribution in [3.63, 3.8) is 0 Å². The summed E-state index contributed by atoms with van der Waals surface area (Å²) < 4.78 is 38.2. The minimum absolute atomic E-state index is 0.0175. The highest BCUT2D eigenvalue weighted by Gasteiger charge is 2.28. The van der Waals surface area contributed by atoms with Crippen molar-refractivity contribution in [1.29, 1.82) is 0 Å². The van der Waals surface area contributed by atoms with Crippen molar-refractivity contribution < 1.29 is 17.6 Å². The molecule has 116 valence electrons. The van der Waals surface area contributed by atoms with Crippen LogP contribution in [-0.2, 0) is 10.0 Å². The van der Waals surface area contributed by atoms with Gasteiger partial charge in [-0.05, 0) is 40.8 Å². The van der Waals surface area contributed by atoms with E-state index in [1.807, 2.05) is 0 Å². The smallest absolute Gasteiger partial charge is 0.211 e. The largest absolute Gasteiger partial charge is 0.294 e. The maximum atomic E-state index is 13.4. The Kier molecular flexibility index (Phi) is 5.16. The van der Waals surface area contributed by atoms with Gasteiger partial charge in [0.05, 0.1) is 10.7 Å². The number of nitrogens with zero attached hydrogens (tertiary/aromatic N) is 1. The maximum absolute atomic E-state index is 13.4. The quantitative estimate of drug-likeness (QED) is 0.758. The van der Waals surface area contributed by atoms with Gasteiger partial charge in [-0.3, -0.25) is 4.79 Å². The Morgan fingerprint density at radius 2 is 2.19 bits per heavy atom. The van der Waals surface area contributed by atoms with Crippen LogP contribution >= 0.6 is 15.9 Å². The number of ketones is 1. The zero-order chi connectivity index (χ0) is 15.6. The van der Waals surface area contributed by atoms with E-state index in [4.69, 9.17) is 0 Å². The van der Waals surface area contributed by atoms with Crippen molar-refractivity contribution >= 4 is 31.7 Å². The molecule has 0 spiro atoms. The summed E-state index contributed by atoms with van der Waals surface area (Å²) in [6.07, 6.45) is 2.97. The molecule has 4 nitrogen and oxygen atoms in total. The van der Waals surface area contributed by atoms with Crippen LogP contribution in [0.2, 0.25) is 0 Å². The highest BCUT2D eigenvalue weighted by Crippen LogP contribution is 2.26. The molecule has 1 aliphatic rings. The standard InChI is InChI=1S/C14H17BrFNO3S/c1-21(19,20)17-7-3-4-10(9-17)8-13(18)11-5-2-6-12(16)14(11)15/h2,5-6,10H,3-4,7-9H2,1H3. The average Bonchev–Trinajstić information content (AvgIpc) is 2.41. The van der Waals surface area contributed by atoms with E-state index < -0.39 is 15.8 Å². The summed E-state index contributed by atoms with van der Waals surface area (Å²) >= 11 is 3.09. The summed E-state index contributed by atoms with van der Waals surface area (Å²) in [4.78, 5) is 12.3. The monoisotopic (exact) mass is 377 g/mol. The second-order valence-corrected chi connectivity index (χ2v) is 8.13. The van der Waals surface area contributed by atoms with Crippen LogP contribution in [0, 0.1) is 11.7 Å². The molecule has 1 atom stereocenters. The third kappa shape index (κ3) is 4.11. The molecule has 0 N–H and O–H groups in total. The third-order valence-electron chi connectivity index (χ3n) is 3.68. The molecule has 1 aromatic rings. The number of carbonyl (C=O) groups is 1. The van der Waals surface area contributed by atoms with Crippen molar-refractivity contribution in [3.05, 3.63) is 34.1 Å². The molecule has 1 heterocycles. The zero-order valence-corrected chi connectivity index (χ0v) is 14.1. The first kappa shape index (κ1) is 16.6. The Morgan fingerprint density at radius 1 is 1.48 bits per heavy atom. The molecule has 0 amide bonds. The van der Waals surface area contributed by atoms with Crippen LogP contribution in [0.3, 0.4) is 0 Å². The fourth-order valence-corrected chi connectivity index (χ4v) is 4.01. The minimum Gasteiger partial charge on any atom is -0.294 e. The second kappa shape index (κ2) is 6.54. The first-order valence-electron chi connectivity index (χ1n) is 6.71. The minimum atomic E-state index is -3.22. The van der Waals surface area contributed by atoms with E-state index in [-0.39, 0.29) is 22.6 Å². The highest BCUT2D eigenvalue weighted by molar-refractivity contribution is 9.10. The number of piperidine rings is 1. The Labute approximate surface area is 132 Å². The summed E-state index contributed by atoms with van der Waals surface area (Å²) in [7, 11) is -3.22. The molecule has 0 saturated carbocycles. The first-order chi connectivity index (χ1) is 9.79. The SMILES string of the molecule is CS(=O)(=O)N1CCCC(CC(=O)c2cccc(F)c2Br)C1. The topological polar surface area (TPSA) is 54.5 Å². The van der Waals surface area contributed by atoms with Crippen LogP contribution in [0.4, 0.5) is 4.39 Å². The fourth-order valence-electron chi connectivity index (χ4n) is 2.59. The number of sulfonamides is 1. The predicted molar refractivity (Wildman–Crippen MR) is 82.2 cm³/mol. The summed E-state index contributed by atoms with van der Waals surface area (Å²) in [6, 6.07) is 4.36. The molecule has 0 aliphatic carbocycles. The normalized spacial score (nSPS) is 20.4. The molecule has 7 heteroatoms. The Morgan fingerprint density at radius 3 is 2.86 bits per heavy atom. The molecule has 1 saturated heterocycles. The van der Waals surface area contributed by atoms with Gasteiger partial charge in [0.2, 0.25) is 10.0 Å². The van der Waals surface area contributed by atoms with Crippen LogP contribution in [0.5, 0.6) is 0 Å². The lowest BCUT2D eigenvalue weighted by Crippen LogP contribution is -2.39. The molecular weight excluding hydrogens is 361 g/mol. The van der Waals surface area contributed by atoms with E-state index in [0.29, 0.717) is 18.7 Å². The van der Waals surface area contributed by atoms with Crippen molar-refractivity contribution in [3.8, 4) is 0 Å². The number of halogens is 2. The molecular formula is C14H17BrFNO3S. The van der Waals surface area contributed by atoms with Gasteiger partial charge in [0.25, 0.3) is 0 Å². The lowest BCUT2D eigenvalue weighted by atomic mass is 9.92. The highest BCUT2D eigenvalue weighted by atomic mass is 79.9. The van der Waals surface area contributed by atoms with Crippen LogP contribution in [0.15, 0.2) is 22.7 Å². The second-order valence-electron chi connectivity index (χ2n) is 5.36. The Bertz CT molecular complexity index is 648.